The van der Waals surface area contributed by atoms with E-state index in [0.29, 0.717) is 15.9 Å². The van der Waals surface area contributed by atoms with E-state index in [4.69, 9.17) is 28.9 Å². The van der Waals surface area contributed by atoms with Crippen molar-refractivity contribution in [3.05, 3.63) is 45.7 Å². The molecule has 0 aromatic heterocycles. The van der Waals surface area contributed by atoms with Crippen LogP contribution in [0, 0.1) is 0 Å². The number of rotatable bonds is 1. The van der Waals surface area contributed by atoms with E-state index in [9.17, 15) is 0 Å². The Hall–Kier alpha value is -0.860. The van der Waals surface area contributed by atoms with Gasteiger partial charge in [0.1, 0.15) is 0 Å². The van der Waals surface area contributed by atoms with E-state index in [1.807, 2.05) is 24.3 Å². The van der Waals surface area contributed by atoms with Crippen molar-refractivity contribution in [3.8, 4) is 0 Å². The van der Waals surface area contributed by atoms with Crippen LogP contribution in [-0.2, 0) is 5.41 Å². The normalized spacial score (nSPS) is 24.9. The molecule has 0 radical (unpaired) electrons. The highest BCUT2D eigenvalue weighted by molar-refractivity contribution is 6.42. The number of nitrogens with one attached hydrogen (secondary N) is 1. The Morgan fingerprint density at radius 1 is 1.33 bits per heavy atom. The Morgan fingerprint density at radius 3 is 2.60 bits per heavy atom. The van der Waals surface area contributed by atoms with E-state index in [1.54, 1.807) is 0 Å². The molecule has 1 heterocycles. The molecule has 0 unspecified atom stereocenters. The zero-order valence-corrected chi connectivity index (χ0v) is 9.86. The van der Waals surface area contributed by atoms with Crippen LogP contribution in [0.1, 0.15) is 12.5 Å². The molecule has 2 nitrogen and oxygen atoms in total. The fraction of sp³-hybridized carbons (Fsp3) is 0.273. The lowest BCUT2D eigenvalue weighted by molar-refractivity contribution is 0.601. The molecular formula is C11H12Cl2N2. The fourth-order valence-electron chi connectivity index (χ4n) is 1.77. The van der Waals surface area contributed by atoms with Gasteiger partial charge in [0, 0.05) is 12.0 Å². The number of hydrogen-bond donors (Lipinski definition) is 2. The van der Waals surface area contributed by atoms with Gasteiger partial charge >= 0.3 is 0 Å². The van der Waals surface area contributed by atoms with Crippen molar-refractivity contribution in [1.82, 2.24) is 5.32 Å². The molecule has 4 heteroatoms. The van der Waals surface area contributed by atoms with Crippen molar-refractivity contribution in [2.45, 2.75) is 12.3 Å². The Bertz CT molecular complexity index is 429. The number of benzene rings is 1. The molecule has 1 aromatic carbocycles. The molecule has 0 amide bonds. The van der Waals surface area contributed by atoms with Gasteiger partial charge in [0.05, 0.1) is 15.9 Å². The van der Waals surface area contributed by atoms with Crippen LogP contribution in [-0.4, -0.2) is 6.54 Å². The summed E-state index contributed by atoms with van der Waals surface area (Å²) in [7, 11) is 0. The van der Waals surface area contributed by atoms with Crippen molar-refractivity contribution >= 4 is 23.2 Å². The van der Waals surface area contributed by atoms with Crippen molar-refractivity contribution in [2.75, 3.05) is 6.54 Å². The fourth-order valence-corrected chi connectivity index (χ4v) is 2.07. The van der Waals surface area contributed by atoms with Crippen molar-refractivity contribution in [2.24, 2.45) is 5.73 Å². The summed E-state index contributed by atoms with van der Waals surface area (Å²) in [5.74, 6) is 0.712. The summed E-state index contributed by atoms with van der Waals surface area (Å²) < 4.78 is 0. The lowest BCUT2D eigenvalue weighted by Gasteiger charge is -2.21. The lowest BCUT2D eigenvalue weighted by Crippen LogP contribution is -2.26. The molecule has 1 aliphatic rings. The molecular weight excluding hydrogens is 231 g/mol. The summed E-state index contributed by atoms with van der Waals surface area (Å²) in [5, 5.41) is 4.26. The Balaban J connectivity index is 2.42. The van der Waals surface area contributed by atoms with Gasteiger partial charge in [0.25, 0.3) is 0 Å². The predicted molar refractivity (Wildman–Crippen MR) is 64.1 cm³/mol. The molecule has 80 valence electrons. The van der Waals surface area contributed by atoms with Crippen LogP contribution in [0.5, 0.6) is 0 Å². The van der Waals surface area contributed by atoms with Crippen LogP contribution in [0.25, 0.3) is 0 Å². The van der Waals surface area contributed by atoms with Crippen LogP contribution in [0.4, 0.5) is 0 Å². The molecule has 1 aliphatic heterocycles. The molecule has 0 aliphatic carbocycles. The van der Waals surface area contributed by atoms with E-state index in [-0.39, 0.29) is 5.41 Å². The molecule has 15 heavy (non-hydrogen) atoms. The highest BCUT2D eigenvalue weighted by atomic mass is 35.5. The Kier molecular flexibility index (Phi) is 2.57. The quantitative estimate of drug-likeness (QED) is 0.795. The summed E-state index contributed by atoms with van der Waals surface area (Å²) in [5.41, 5.74) is 6.72. The molecule has 1 aromatic rings. The van der Waals surface area contributed by atoms with Crippen molar-refractivity contribution in [1.29, 1.82) is 0 Å². The summed E-state index contributed by atoms with van der Waals surface area (Å²) in [4.78, 5) is 0. The third-order valence-electron chi connectivity index (χ3n) is 2.71. The molecule has 0 saturated carbocycles. The van der Waals surface area contributed by atoms with E-state index in [2.05, 4.69) is 12.2 Å². The van der Waals surface area contributed by atoms with E-state index in [1.165, 1.54) is 0 Å². The van der Waals surface area contributed by atoms with Crippen LogP contribution in [0.3, 0.4) is 0 Å². The highest BCUT2D eigenvalue weighted by Gasteiger charge is 2.29. The van der Waals surface area contributed by atoms with Gasteiger partial charge in [0.15, 0.2) is 0 Å². The average molecular weight is 243 g/mol. The minimum atomic E-state index is -0.0989. The standard InChI is InChI=1S/C11H12Cl2N2/c1-11(5-10(14)15-6-11)7-2-3-8(12)9(13)4-7/h2-5,15H,6,14H2,1H3/t11-/m1/s1. The van der Waals surface area contributed by atoms with E-state index in [0.717, 1.165) is 12.1 Å². The predicted octanol–water partition coefficient (Wildman–Crippen LogP) is 2.65. The molecule has 1 atom stereocenters. The molecule has 2 rings (SSSR count). The summed E-state index contributed by atoms with van der Waals surface area (Å²) in [6.07, 6.45) is 2.01. The number of hydrogen-bond acceptors (Lipinski definition) is 2. The second kappa shape index (κ2) is 3.62. The first-order chi connectivity index (χ1) is 7.01. The smallest absolute Gasteiger partial charge is 0.0928 e. The molecule has 0 spiro atoms. The molecule has 0 bridgehead atoms. The monoisotopic (exact) mass is 242 g/mol. The van der Waals surface area contributed by atoms with Crippen LogP contribution >= 0.6 is 23.2 Å². The van der Waals surface area contributed by atoms with Gasteiger partial charge in [0.2, 0.25) is 0 Å². The zero-order valence-electron chi connectivity index (χ0n) is 8.35. The second-order valence-corrected chi connectivity index (χ2v) is 4.81. The van der Waals surface area contributed by atoms with Crippen molar-refractivity contribution < 1.29 is 0 Å². The molecule has 0 fully saturated rings. The minimum Gasteiger partial charge on any atom is -0.386 e. The largest absolute Gasteiger partial charge is 0.386 e. The first-order valence-corrected chi connectivity index (χ1v) is 5.45. The van der Waals surface area contributed by atoms with Gasteiger partial charge in [-0.1, -0.05) is 36.2 Å². The third-order valence-corrected chi connectivity index (χ3v) is 3.45. The first kappa shape index (κ1) is 10.7. The Morgan fingerprint density at radius 2 is 2.07 bits per heavy atom. The number of nitrogens with two attached hydrogens (primary N) is 1. The highest BCUT2D eigenvalue weighted by Crippen LogP contribution is 2.32. The summed E-state index contributed by atoms with van der Waals surface area (Å²) >= 11 is 11.9. The van der Waals surface area contributed by atoms with Crippen LogP contribution < -0.4 is 11.1 Å². The maximum atomic E-state index is 5.99. The first-order valence-electron chi connectivity index (χ1n) is 4.69. The summed E-state index contributed by atoms with van der Waals surface area (Å²) in [6, 6.07) is 5.68. The summed E-state index contributed by atoms with van der Waals surface area (Å²) in [6.45, 7) is 2.90. The molecule has 3 N–H and O–H groups in total. The van der Waals surface area contributed by atoms with Gasteiger partial charge < -0.3 is 11.1 Å². The molecule has 0 saturated heterocycles. The lowest BCUT2D eigenvalue weighted by atomic mass is 9.84. The maximum absolute atomic E-state index is 5.99. The third kappa shape index (κ3) is 1.92. The Labute approximate surface area is 99.1 Å². The van der Waals surface area contributed by atoms with E-state index < -0.39 is 0 Å². The SMILES string of the molecule is C[C@@]1(c2ccc(Cl)c(Cl)c2)C=C(N)NC1. The van der Waals surface area contributed by atoms with E-state index >= 15 is 0 Å². The zero-order chi connectivity index (χ0) is 11.1. The van der Waals surface area contributed by atoms with Crippen LogP contribution in [0.2, 0.25) is 10.0 Å². The van der Waals surface area contributed by atoms with Crippen molar-refractivity contribution in [3.63, 3.8) is 0 Å². The van der Waals surface area contributed by atoms with Gasteiger partial charge in [-0.3, -0.25) is 0 Å². The number of halogens is 2. The van der Waals surface area contributed by atoms with Gasteiger partial charge in [-0.15, -0.1) is 0 Å². The minimum absolute atomic E-state index is 0.0989. The maximum Gasteiger partial charge on any atom is 0.0928 e. The average Bonchev–Trinajstić information content (AvgIpc) is 2.52. The van der Waals surface area contributed by atoms with Crippen LogP contribution in [0.15, 0.2) is 30.1 Å². The van der Waals surface area contributed by atoms with Gasteiger partial charge in [-0.25, -0.2) is 0 Å². The van der Waals surface area contributed by atoms with Gasteiger partial charge in [-0.2, -0.15) is 0 Å². The second-order valence-electron chi connectivity index (χ2n) is 4.00. The topological polar surface area (TPSA) is 38.0 Å². The van der Waals surface area contributed by atoms with Gasteiger partial charge in [-0.05, 0) is 23.8 Å².